The average molecular weight is 402 g/mol. The van der Waals surface area contributed by atoms with E-state index in [1.807, 2.05) is 30.9 Å². The molecular weight excluding hydrogens is 377 g/mol. The van der Waals surface area contributed by atoms with E-state index >= 15 is 0 Å². The van der Waals surface area contributed by atoms with Crippen molar-refractivity contribution in [3.05, 3.63) is 33.8 Å². The third-order valence-electron chi connectivity index (χ3n) is 4.58. The molecule has 1 N–H and O–H groups in total. The molecule has 0 spiro atoms. The third kappa shape index (κ3) is 5.47. The summed E-state index contributed by atoms with van der Waals surface area (Å²) in [6.45, 7) is 7.64. The van der Waals surface area contributed by atoms with Gasteiger partial charge in [0.1, 0.15) is 0 Å². The minimum absolute atomic E-state index is 0.0209. The summed E-state index contributed by atoms with van der Waals surface area (Å²) < 4.78 is 0. The van der Waals surface area contributed by atoms with Gasteiger partial charge in [0.25, 0.3) is 0 Å². The van der Waals surface area contributed by atoms with Gasteiger partial charge in [-0.3, -0.25) is 4.79 Å². The molecule has 1 saturated heterocycles. The standard InChI is InChI=1S/C18H25Cl2N3OS/c1-3-22(4-2)17(24)14-6-5-9-23(12-14)18(25)21-11-13-7-8-15(19)10-16(13)20/h7-8,10,14H,3-6,9,11-12H2,1-2H3,(H,21,25). The van der Waals surface area contributed by atoms with E-state index in [-0.39, 0.29) is 11.8 Å². The summed E-state index contributed by atoms with van der Waals surface area (Å²) in [5, 5.41) is 5.16. The fourth-order valence-corrected chi connectivity index (χ4v) is 3.82. The Bertz CT molecular complexity index is 622. The van der Waals surface area contributed by atoms with Crippen LogP contribution in [0.3, 0.4) is 0 Å². The van der Waals surface area contributed by atoms with E-state index in [2.05, 4.69) is 10.2 Å². The van der Waals surface area contributed by atoms with Crippen LogP contribution in [0, 0.1) is 5.92 Å². The van der Waals surface area contributed by atoms with Gasteiger partial charge in [-0.1, -0.05) is 29.3 Å². The number of benzene rings is 1. The molecule has 1 fully saturated rings. The van der Waals surface area contributed by atoms with Crippen LogP contribution in [0.15, 0.2) is 18.2 Å². The minimum atomic E-state index is 0.0209. The van der Waals surface area contributed by atoms with Gasteiger partial charge in [0.2, 0.25) is 5.91 Å². The van der Waals surface area contributed by atoms with E-state index < -0.39 is 0 Å². The Morgan fingerprint density at radius 2 is 2.08 bits per heavy atom. The molecule has 0 radical (unpaired) electrons. The molecule has 1 atom stereocenters. The maximum absolute atomic E-state index is 12.6. The molecule has 1 aliphatic heterocycles. The number of likely N-dealkylation sites (tertiary alicyclic amines) is 1. The summed E-state index contributed by atoms with van der Waals surface area (Å²) in [6, 6.07) is 5.43. The normalized spacial score (nSPS) is 17.3. The number of carbonyl (C=O) groups excluding carboxylic acids is 1. The molecule has 138 valence electrons. The van der Waals surface area contributed by atoms with Crippen molar-refractivity contribution in [2.24, 2.45) is 5.92 Å². The van der Waals surface area contributed by atoms with Crippen LogP contribution < -0.4 is 5.32 Å². The molecule has 1 unspecified atom stereocenters. The first-order valence-corrected chi connectivity index (χ1v) is 9.88. The minimum Gasteiger partial charge on any atom is -0.358 e. The number of halogens is 2. The van der Waals surface area contributed by atoms with Gasteiger partial charge in [0.15, 0.2) is 5.11 Å². The van der Waals surface area contributed by atoms with Gasteiger partial charge in [-0.15, -0.1) is 0 Å². The number of hydrogen-bond donors (Lipinski definition) is 1. The van der Waals surface area contributed by atoms with Gasteiger partial charge < -0.3 is 15.1 Å². The Morgan fingerprint density at radius 1 is 1.36 bits per heavy atom. The number of rotatable bonds is 5. The van der Waals surface area contributed by atoms with E-state index in [0.717, 1.165) is 38.0 Å². The SMILES string of the molecule is CCN(CC)C(=O)C1CCCN(C(=S)NCc2ccc(Cl)cc2Cl)C1. The van der Waals surface area contributed by atoms with Crippen molar-refractivity contribution in [3.8, 4) is 0 Å². The van der Waals surface area contributed by atoms with Crippen LogP contribution in [-0.4, -0.2) is 47.0 Å². The van der Waals surface area contributed by atoms with Gasteiger partial charge in [-0.2, -0.15) is 0 Å². The van der Waals surface area contributed by atoms with Crippen molar-refractivity contribution in [3.63, 3.8) is 0 Å². The van der Waals surface area contributed by atoms with E-state index in [0.29, 0.717) is 28.2 Å². The molecule has 1 heterocycles. The lowest BCUT2D eigenvalue weighted by molar-refractivity contribution is -0.136. The van der Waals surface area contributed by atoms with Crippen LogP contribution in [0.2, 0.25) is 10.0 Å². The number of nitrogens with zero attached hydrogens (tertiary/aromatic N) is 2. The molecule has 1 aromatic rings. The number of piperidine rings is 1. The number of nitrogens with one attached hydrogen (secondary N) is 1. The molecule has 0 aromatic heterocycles. The van der Waals surface area contributed by atoms with Crippen molar-refractivity contribution in [1.82, 2.24) is 15.1 Å². The molecule has 2 rings (SSSR count). The molecule has 7 heteroatoms. The highest BCUT2D eigenvalue weighted by molar-refractivity contribution is 7.80. The predicted octanol–water partition coefficient (Wildman–Crippen LogP) is 3.95. The van der Waals surface area contributed by atoms with E-state index in [1.54, 1.807) is 6.07 Å². The van der Waals surface area contributed by atoms with Crippen LogP contribution in [0.1, 0.15) is 32.3 Å². The Hall–Kier alpha value is -1.04. The van der Waals surface area contributed by atoms with Crippen LogP contribution in [0.4, 0.5) is 0 Å². The smallest absolute Gasteiger partial charge is 0.227 e. The third-order valence-corrected chi connectivity index (χ3v) is 5.57. The van der Waals surface area contributed by atoms with Gasteiger partial charge in [0, 0.05) is 42.8 Å². The number of carbonyl (C=O) groups is 1. The lowest BCUT2D eigenvalue weighted by atomic mass is 9.96. The average Bonchev–Trinajstić information content (AvgIpc) is 2.61. The summed E-state index contributed by atoms with van der Waals surface area (Å²) in [6.07, 6.45) is 1.90. The van der Waals surface area contributed by atoms with Crippen molar-refractivity contribution in [2.45, 2.75) is 33.2 Å². The fraction of sp³-hybridized carbons (Fsp3) is 0.556. The largest absolute Gasteiger partial charge is 0.358 e. The Morgan fingerprint density at radius 3 is 2.72 bits per heavy atom. The van der Waals surface area contributed by atoms with Crippen molar-refractivity contribution >= 4 is 46.4 Å². The molecule has 1 aromatic carbocycles. The van der Waals surface area contributed by atoms with E-state index in [1.165, 1.54) is 0 Å². The Labute approximate surface area is 165 Å². The van der Waals surface area contributed by atoms with Gasteiger partial charge >= 0.3 is 0 Å². The highest BCUT2D eigenvalue weighted by atomic mass is 35.5. The highest BCUT2D eigenvalue weighted by Crippen LogP contribution is 2.22. The number of hydrogen-bond acceptors (Lipinski definition) is 2. The summed E-state index contributed by atoms with van der Waals surface area (Å²) in [5.74, 6) is 0.255. The summed E-state index contributed by atoms with van der Waals surface area (Å²) in [5.41, 5.74) is 0.946. The number of thiocarbonyl (C=S) groups is 1. The van der Waals surface area contributed by atoms with Gasteiger partial charge in [-0.25, -0.2) is 0 Å². The quantitative estimate of drug-likeness (QED) is 0.757. The first kappa shape index (κ1) is 20.3. The lowest BCUT2D eigenvalue weighted by Gasteiger charge is -2.36. The van der Waals surface area contributed by atoms with Crippen LogP contribution in [-0.2, 0) is 11.3 Å². The second-order valence-corrected chi connectivity index (χ2v) is 7.42. The van der Waals surface area contributed by atoms with Crippen LogP contribution in [0.25, 0.3) is 0 Å². The van der Waals surface area contributed by atoms with Gasteiger partial charge in [-0.05, 0) is 56.6 Å². The zero-order chi connectivity index (χ0) is 18.4. The van der Waals surface area contributed by atoms with Crippen LogP contribution >= 0.6 is 35.4 Å². The highest BCUT2D eigenvalue weighted by Gasteiger charge is 2.29. The second-order valence-electron chi connectivity index (χ2n) is 6.19. The zero-order valence-corrected chi connectivity index (χ0v) is 17.1. The molecule has 1 amide bonds. The maximum Gasteiger partial charge on any atom is 0.227 e. The maximum atomic E-state index is 12.6. The zero-order valence-electron chi connectivity index (χ0n) is 14.7. The Kier molecular flexibility index (Phi) is 7.79. The lowest BCUT2D eigenvalue weighted by Crippen LogP contribution is -2.49. The predicted molar refractivity (Wildman–Crippen MR) is 108 cm³/mol. The Balaban J connectivity index is 1.91. The topological polar surface area (TPSA) is 35.6 Å². The van der Waals surface area contributed by atoms with Crippen molar-refractivity contribution in [2.75, 3.05) is 26.2 Å². The summed E-state index contributed by atoms with van der Waals surface area (Å²) in [4.78, 5) is 16.6. The van der Waals surface area contributed by atoms with E-state index in [9.17, 15) is 4.79 Å². The van der Waals surface area contributed by atoms with Crippen molar-refractivity contribution in [1.29, 1.82) is 0 Å². The molecule has 0 bridgehead atoms. The summed E-state index contributed by atoms with van der Waals surface area (Å²) >= 11 is 17.6. The molecule has 25 heavy (non-hydrogen) atoms. The number of amides is 1. The van der Waals surface area contributed by atoms with Gasteiger partial charge in [0.05, 0.1) is 5.92 Å². The van der Waals surface area contributed by atoms with Crippen LogP contribution in [0.5, 0.6) is 0 Å². The first-order chi connectivity index (χ1) is 12.0. The molecule has 0 saturated carbocycles. The molecule has 4 nitrogen and oxygen atoms in total. The van der Waals surface area contributed by atoms with E-state index in [4.69, 9.17) is 35.4 Å². The molecular formula is C18H25Cl2N3OS. The summed E-state index contributed by atoms with van der Waals surface area (Å²) in [7, 11) is 0. The van der Waals surface area contributed by atoms with Crippen molar-refractivity contribution < 1.29 is 4.79 Å². The molecule has 1 aliphatic rings. The molecule has 0 aliphatic carbocycles. The second kappa shape index (κ2) is 9.60. The fourth-order valence-electron chi connectivity index (χ4n) is 3.10. The first-order valence-electron chi connectivity index (χ1n) is 8.71. The monoisotopic (exact) mass is 401 g/mol.